The van der Waals surface area contributed by atoms with Crippen LogP contribution in [-0.2, 0) is 12.8 Å². The summed E-state index contributed by atoms with van der Waals surface area (Å²) in [5, 5.41) is 0.957. The van der Waals surface area contributed by atoms with Crippen LogP contribution in [-0.4, -0.2) is 11.2 Å². The topological polar surface area (TPSA) is 15.8 Å². The molecule has 1 heterocycles. The standard InChI is InChI=1S/C14H14F3N/c1-8-3-2-4-10-11-7-9(14(15,16)17)5-6-12(11)18-13(8)10/h2-4,9,18H,5-7H2,1H3. The number of para-hydroxylation sites is 1. The molecule has 0 bridgehead atoms. The number of aryl methyl sites for hydroxylation is 2. The molecule has 1 aromatic heterocycles. The maximum absolute atomic E-state index is 12.8. The first-order valence-corrected chi connectivity index (χ1v) is 6.12. The molecule has 0 radical (unpaired) electrons. The van der Waals surface area contributed by atoms with Gasteiger partial charge >= 0.3 is 6.18 Å². The summed E-state index contributed by atoms with van der Waals surface area (Å²) in [5.74, 6) is -1.19. The fraction of sp³-hybridized carbons (Fsp3) is 0.429. The summed E-state index contributed by atoms with van der Waals surface area (Å²) in [6, 6.07) is 5.80. The lowest BCUT2D eigenvalue weighted by molar-refractivity contribution is -0.177. The maximum atomic E-state index is 12.8. The molecule has 1 aliphatic rings. The van der Waals surface area contributed by atoms with Crippen LogP contribution >= 0.6 is 0 Å². The van der Waals surface area contributed by atoms with E-state index in [-0.39, 0.29) is 12.8 Å². The van der Waals surface area contributed by atoms with Crippen LogP contribution in [0, 0.1) is 12.8 Å². The number of rotatable bonds is 0. The summed E-state index contributed by atoms with van der Waals surface area (Å²) < 4.78 is 38.4. The maximum Gasteiger partial charge on any atom is 0.392 e. The highest BCUT2D eigenvalue weighted by atomic mass is 19.4. The Morgan fingerprint density at radius 2 is 2.06 bits per heavy atom. The van der Waals surface area contributed by atoms with Gasteiger partial charge < -0.3 is 4.98 Å². The van der Waals surface area contributed by atoms with E-state index in [1.54, 1.807) is 0 Å². The van der Waals surface area contributed by atoms with Crippen LogP contribution < -0.4 is 0 Å². The highest BCUT2D eigenvalue weighted by Crippen LogP contribution is 2.39. The van der Waals surface area contributed by atoms with Gasteiger partial charge in [-0.3, -0.25) is 0 Å². The molecule has 1 atom stereocenters. The van der Waals surface area contributed by atoms with Crippen molar-refractivity contribution in [2.45, 2.75) is 32.4 Å². The second-order valence-electron chi connectivity index (χ2n) is 5.06. The van der Waals surface area contributed by atoms with Crippen LogP contribution in [0.4, 0.5) is 13.2 Å². The minimum Gasteiger partial charge on any atom is -0.358 e. The van der Waals surface area contributed by atoms with Gasteiger partial charge in [0.2, 0.25) is 0 Å². The molecule has 18 heavy (non-hydrogen) atoms. The molecular formula is C14H14F3N. The summed E-state index contributed by atoms with van der Waals surface area (Å²) in [5.41, 5.74) is 3.93. The first kappa shape index (κ1) is 11.6. The third-order valence-corrected chi connectivity index (χ3v) is 3.89. The lowest BCUT2D eigenvalue weighted by Crippen LogP contribution is -2.28. The largest absolute Gasteiger partial charge is 0.392 e. The molecule has 3 rings (SSSR count). The lowest BCUT2D eigenvalue weighted by Gasteiger charge is -2.24. The molecule has 0 spiro atoms. The van der Waals surface area contributed by atoms with Gasteiger partial charge in [0.05, 0.1) is 5.92 Å². The second-order valence-corrected chi connectivity index (χ2v) is 5.06. The van der Waals surface area contributed by atoms with E-state index in [2.05, 4.69) is 4.98 Å². The number of H-pyrrole nitrogens is 1. The first-order valence-electron chi connectivity index (χ1n) is 6.12. The summed E-state index contributed by atoms with van der Waals surface area (Å²) in [6.07, 6.45) is -3.27. The second kappa shape index (κ2) is 3.77. The predicted molar refractivity (Wildman–Crippen MR) is 64.6 cm³/mol. The van der Waals surface area contributed by atoms with Gasteiger partial charge in [0, 0.05) is 16.6 Å². The van der Waals surface area contributed by atoms with Gasteiger partial charge in [0.25, 0.3) is 0 Å². The summed E-state index contributed by atoms with van der Waals surface area (Å²) in [6.45, 7) is 1.98. The molecule has 0 saturated carbocycles. The van der Waals surface area contributed by atoms with E-state index < -0.39 is 12.1 Å². The van der Waals surface area contributed by atoms with E-state index in [1.165, 1.54) is 0 Å². The molecule has 0 amide bonds. The Morgan fingerprint density at radius 1 is 1.28 bits per heavy atom. The fourth-order valence-electron chi connectivity index (χ4n) is 2.87. The molecular weight excluding hydrogens is 239 g/mol. The van der Waals surface area contributed by atoms with Crippen molar-refractivity contribution in [1.82, 2.24) is 4.98 Å². The van der Waals surface area contributed by atoms with Crippen LogP contribution in [0.1, 0.15) is 23.2 Å². The van der Waals surface area contributed by atoms with E-state index in [1.807, 2.05) is 25.1 Å². The molecule has 1 nitrogen and oxygen atoms in total. The van der Waals surface area contributed by atoms with Gasteiger partial charge in [-0.2, -0.15) is 13.2 Å². The summed E-state index contributed by atoms with van der Waals surface area (Å²) in [7, 11) is 0. The van der Waals surface area contributed by atoms with E-state index >= 15 is 0 Å². The monoisotopic (exact) mass is 253 g/mol. The van der Waals surface area contributed by atoms with Crippen LogP contribution in [0.15, 0.2) is 18.2 Å². The third kappa shape index (κ3) is 1.71. The molecule has 0 aliphatic heterocycles. The molecule has 1 aromatic carbocycles. The molecule has 1 aliphatic carbocycles. The van der Waals surface area contributed by atoms with Gasteiger partial charge in [-0.05, 0) is 37.3 Å². The van der Waals surface area contributed by atoms with Crippen LogP contribution in [0.3, 0.4) is 0 Å². The smallest absolute Gasteiger partial charge is 0.358 e. The lowest BCUT2D eigenvalue weighted by atomic mass is 9.86. The number of benzene rings is 1. The summed E-state index contributed by atoms with van der Waals surface area (Å²) >= 11 is 0. The van der Waals surface area contributed by atoms with Gasteiger partial charge in [0.15, 0.2) is 0 Å². The van der Waals surface area contributed by atoms with Gasteiger partial charge in [-0.1, -0.05) is 18.2 Å². The number of halogens is 3. The first-order chi connectivity index (χ1) is 8.47. The van der Waals surface area contributed by atoms with Crippen molar-refractivity contribution < 1.29 is 13.2 Å². The van der Waals surface area contributed by atoms with Gasteiger partial charge in [0.1, 0.15) is 0 Å². The third-order valence-electron chi connectivity index (χ3n) is 3.89. The van der Waals surface area contributed by atoms with Gasteiger partial charge in [-0.25, -0.2) is 0 Å². The van der Waals surface area contributed by atoms with Crippen LogP contribution in [0.5, 0.6) is 0 Å². The number of fused-ring (bicyclic) bond motifs is 3. The highest BCUT2D eigenvalue weighted by molar-refractivity contribution is 5.87. The van der Waals surface area contributed by atoms with Gasteiger partial charge in [-0.15, -0.1) is 0 Å². The van der Waals surface area contributed by atoms with Crippen LogP contribution in [0.25, 0.3) is 10.9 Å². The Bertz CT molecular complexity index is 595. The fourth-order valence-corrected chi connectivity index (χ4v) is 2.87. The quantitative estimate of drug-likeness (QED) is 0.726. The van der Waals surface area contributed by atoms with E-state index in [0.717, 1.165) is 27.7 Å². The van der Waals surface area contributed by atoms with Crippen molar-refractivity contribution in [3.63, 3.8) is 0 Å². The minimum absolute atomic E-state index is 0.113. The number of nitrogens with one attached hydrogen (secondary N) is 1. The van der Waals surface area contributed by atoms with Crippen molar-refractivity contribution in [1.29, 1.82) is 0 Å². The molecule has 96 valence electrons. The van der Waals surface area contributed by atoms with Crippen molar-refractivity contribution in [2.75, 3.05) is 0 Å². The zero-order chi connectivity index (χ0) is 12.9. The number of aromatic nitrogens is 1. The number of hydrogen-bond donors (Lipinski definition) is 1. The molecule has 0 fully saturated rings. The number of aromatic amines is 1. The average molecular weight is 253 g/mol. The Kier molecular flexibility index (Phi) is 2.44. The molecule has 4 heteroatoms. The van der Waals surface area contributed by atoms with Crippen molar-refractivity contribution >= 4 is 10.9 Å². The minimum atomic E-state index is -4.08. The van der Waals surface area contributed by atoms with E-state index in [0.29, 0.717) is 6.42 Å². The highest BCUT2D eigenvalue weighted by Gasteiger charge is 2.41. The molecule has 0 saturated heterocycles. The normalized spacial score (nSPS) is 20.1. The SMILES string of the molecule is Cc1cccc2c3c([nH]c12)CCC(C(F)(F)F)C3. The summed E-state index contributed by atoms with van der Waals surface area (Å²) in [4.78, 5) is 3.29. The molecule has 2 aromatic rings. The Balaban J connectivity index is 2.10. The van der Waals surface area contributed by atoms with Crippen molar-refractivity contribution in [3.8, 4) is 0 Å². The molecule has 1 unspecified atom stereocenters. The Labute approximate surface area is 103 Å². The van der Waals surface area contributed by atoms with Crippen molar-refractivity contribution in [2.24, 2.45) is 5.92 Å². The predicted octanol–water partition coefficient (Wildman–Crippen LogP) is 4.14. The number of hydrogen-bond acceptors (Lipinski definition) is 0. The zero-order valence-electron chi connectivity index (χ0n) is 10.1. The Morgan fingerprint density at radius 3 is 2.78 bits per heavy atom. The van der Waals surface area contributed by atoms with Crippen molar-refractivity contribution in [3.05, 3.63) is 35.0 Å². The zero-order valence-corrected chi connectivity index (χ0v) is 10.1. The average Bonchev–Trinajstić information content (AvgIpc) is 2.67. The Hall–Kier alpha value is -1.45. The van der Waals surface area contributed by atoms with E-state index in [4.69, 9.17) is 0 Å². The van der Waals surface area contributed by atoms with E-state index in [9.17, 15) is 13.2 Å². The number of alkyl halides is 3. The molecule has 1 N–H and O–H groups in total. The van der Waals surface area contributed by atoms with Crippen LogP contribution in [0.2, 0.25) is 0 Å².